The fourth-order valence-electron chi connectivity index (χ4n) is 4.24. The predicted octanol–water partition coefficient (Wildman–Crippen LogP) is 7.59. The number of fused-ring (bicyclic) bond motifs is 1. The lowest BCUT2D eigenvalue weighted by molar-refractivity contribution is -0.157. The van der Waals surface area contributed by atoms with E-state index in [1.54, 1.807) is 0 Å². The molecular formula is C30H43NO3. The first-order valence-corrected chi connectivity index (χ1v) is 12.7. The number of anilines is 1. The number of ether oxygens (including phenoxy) is 3. The fourth-order valence-corrected chi connectivity index (χ4v) is 4.24. The van der Waals surface area contributed by atoms with E-state index in [-0.39, 0.29) is 17.6 Å². The molecule has 0 spiro atoms. The van der Waals surface area contributed by atoms with Gasteiger partial charge in [0.15, 0.2) is 0 Å². The lowest BCUT2D eigenvalue weighted by atomic mass is 9.87. The Hall–Kier alpha value is -2.30. The van der Waals surface area contributed by atoms with Gasteiger partial charge in [-0.05, 0) is 61.9 Å². The van der Waals surface area contributed by atoms with Crippen LogP contribution in [0.15, 0.2) is 54.6 Å². The van der Waals surface area contributed by atoms with Gasteiger partial charge in [0.25, 0.3) is 0 Å². The van der Waals surface area contributed by atoms with Crippen molar-refractivity contribution < 1.29 is 14.2 Å². The van der Waals surface area contributed by atoms with E-state index >= 15 is 0 Å². The van der Waals surface area contributed by atoms with Crippen LogP contribution in [0.25, 0.3) is 0 Å². The molecule has 1 N–H and O–H groups in total. The van der Waals surface area contributed by atoms with Gasteiger partial charge in [-0.1, -0.05) is 70.5 Å². The summed E-state index contributed by atoms with van der Waals surface area (Å²) in [5.41, 5.74) is 4.38. The first kappa shape index (κ1) is 26.3. The van der Waals surface area contributed by atoms with E-state index in [4.69, 9.17) is 14.2 Å². The molecule has 3 rings (SSSR count). The number of rotatable bonds is 10. The quantitative estimate of drug-likeness (QED) is 0.290. The van der Waals surface area contributed by atoms with Gasteiger partial charge in [0.2, 0.25) is 0 Å². The maximum atomic E-state index is 6.43. The van der Waals surface area contributed by atoms with Gasteiger partial charge in [-0.2, -0.15) is 0 Å². The number of nitrogens with one attached hydrogen (secondary N) is 1. The number of benzene rings is 2. The second-order valence-corrected chi connectivity index (χ2v) is 10.7. The number of allylic oxidation sites excluding steroid dienone is 1. The average Bonchev–Trinajstić information content (AvgIpc) is 2.79. The molecule has 0 aliphatic carbocycles. The zero-order chi connectivity index (χ0) is 24.8. The Morgan fingerprint density at radius 3 is 2.44 bits per heavy atom. The summed E-state index contributed by atoms with van der Waals surface area (Å²) in [4.78, 5) is 0. The molecule has 0 radical (unpaired) electrons. The van der Waals surface area contributed by atoms with E-state index in [0.29, 0.717) is 13.2 Å². The zero-order valence-corrected chi connectivity index (χ0v) is 22.1. The van der Waals surface area contributed by atoms with E-state index in [2.05, 4.69) is 89.3 Å². The Kier molecular flexibility index (Phi) is 8.83. The van der Waals surface area contributed by atoms with Gasteiger partial charge in [-0.15, -0.1) is 0 Å². The highest BCUT2D eigenvalue weighted by molar-refractivity contribution is 5.54. The van der Waals surface area contributed by atoms with Crippen molar-refractivity contribution in [2.24, 2.45) is 0 Å². The van der Waals surface area contributed by atoms with Crippen LogP contribution in [0.2, 0.25) is 0 Å². The van der Waals surface area contributed by atoms with Crippen molar-refractivity contribution in [3.05, 3.63) is 71.3 Å². The molecule has 0 amide bonds. The van der Waals surface area contributed by atoms with Crippen LogP contribution in [0.3, 0.4) is 0 Å². The summed E-state index contributed by atoms with van der Waals surface area (Å²) in [7, 11) is 0. The summed E-state index contributed by atoms with van der Waals surface area (Å²) >= 11 is 0. The molecule has 0 saturated carbocycles. The molecule has 0 fully saturated rings. The van der Waals surface area contributed by atoms with Gasteiger partial charge >= 0.3 is 0 Å². The largest absolute Gasteiger partial charge is 0.485 e. The molecule has 1 aliphatic rings. The van der Waals surface area contributed by atoms with Crippen molar-refractivity contribution in [3.63, 3.8) is 0 Å². The molecule has 4 heteroatoms. The summed E-state index contributed by atoms with van der Waals surface area (Å²) in [6, 6.07) is 15.2. The van der Waals surface area contributed by atoms with Gasteiger partial charge in [-0.25, -0.2) is 0 Å². The van der Waals surface area contributed by atoms with E-state index in [0.717, 1.165) is 36.4 Å². The normalized spacial score (nSPS) is 19.6. The first-order chi connectivity index (χ1) is 16.2. The molecule has 1 heterocycles. The highest BCUT2D eigenvalue weighted by Gasteiger charge is 2.45. The Bertz CT molecular complexity index is 941. The van der Waals surface area contributed by atoms with Crippen LogP contribution >= 0.6 is 0 Å². The summed E-state index contributed by atoms with van der Waals surface area (Å²) in [6.07, 6.45) is 5.78. The molecule has 0 aromatic heterocycles. The Labute approximate surface area is 206 Å². The van der Waals surface area contributed by atoms with E-state index in [1.165, 1.54) is 11.1 Å². The third-order valence-electron chi connectivity index (χ3n) is 6.37. The lowest BCUT2D eigenvalue weighted by Gasteiger charge is -2.44. The van der Waals surface area contributed by atoms with Crippen LogP contribution in [-0.4, -0.2) is 24.9 Å². The minimum absolute atomic E-state index is 0.163. The summed E-state index contributed by atoms with van der Waals surface area (Å²) in [5, 5.41) is 3.58. The third-order valence-corrected chi connectivity index (χ3v) is 6.37. The topological polar surface area (TPSA) is 39.7 Å². The zero-order valence-electron chi connectivity index (χ0n) is 22.1. The van der Waals surface area contributed by atoms with Crippen molar-refractivity contribution in [1.29, 1.82) is 0 Å². The predicted molar refractivity (Wildman–Crippen MR) is 142 cm³/mol. The maximum absolute atomic E-state index is 6.43. The van der Waals surface area contributed by atoms with Crippen LogP contribution in [0, 0.1) is 0 Å². The molecule has 2 atom stereocenters. The molecule has 0 bridgehead atoms. The van der Waals surface area contributed by atoms with E-state index < -0.39 is 5.60 Å². The molecule has 0 saturated heterocycles. The number of unbranched alkanes of at least 4 members (excludes halogenated alkanes) is 1. The standard InChI is InChI=1S/C30H43NO3/c1-8-10-18-32-27-25-20-24(31-21-22-12-14-23(15-13-22)29(3,4)5)16-17-26(25)34-30(6,7)28(27)33-19-11-9-2/h9,11-17,20,27-28,31H,8,10,18-19,21H2,1-7H3. The molecule has 34 heavy (non-hydrogen) atoms. The van der Waals surface area contributed by atoms with Crippen LogP contribution < -0.4 is 10.1 Å². The van der Waals surface area contributed by atoms with Crippen molar-refractivity contribution in [1.82, 2.24) is 0 Å². The second-order valence-electron chi connectivity index (χ2n) is 10.7. The molecular weight excluding hydrogens is 422 g/mol. The third kappa shape index (κ3) is 6.64. The summed E-state index contributed by atoms with van der Waals surface area (Å²) in [5.74, 6) is 0.873. The highest BCUT2D eigenvalue weighted by atomic mass is 16.6. The Balaban J connectivity index is 1.80. The lowest BCUT2D eigenvalue weighted by Crippen LogP contribution is -2.51. The molecule has 1 aliphatic heterocycles. The number of hydrogen-bond acceptors (Lipinski definition) is 4. The monoisotopic (exact) mass is 465 g/mol. The van der Waals surface area contributed by atoms with Crippen molar-refractivity contribution in [2.45, 2.75) is 91.1 Å². The van der Waals surface area contributed by atoms with Gasteiger partial charge in [0.1, 0.15) is 23.6 Å². The Morgan fingerprint density at radius 2 is 1.79 bits per heavy atom. The molecule has 2 aromatic carbocycles. The van der Waals surface area contributed by atoms with Gasteiger partial charge in [0, 0.05) is 24.4 Å². The van der Waals surface area contributed by atoms with Crippen LogP contribution in [-0.2, 0) is 21.4 Å². The van der Waals surface area contributed by atoms with Crippen LogP contribution in [0.5, 0.6) is 5.75 Å². The van der Waals surface area contributed by atoms with E-state index in [9.17, 15) is 0 Å². The Morgan fingerprint density at radius 1 is 1.06 bits per heavy atom. The maximum Gasteiger partial charge on any atom is 0.132 e. The van der Waals surface area contributed by atoms with Crippen LogP contribution in [0.4, 0.5) is 5.69 Å². The highest BCUT2D eigenvalue weighted by Crippen LogP contribution is 2.44. The van der Waals surface area contributed by atoms with Gasteiger partial charge < -0.3 is 19.5 Å². The number of hydrogen-bond donors (Lipinski definition) is 1. The second kappa shape index (κ2) is 11.4. The molecule has 4 nitrogen and oxygen atoms in total. The van der Waals surface area contributed by atoms with Crippen molar-refractivity contribution >= 4 is 5.69 Å². The summed E-state index contributed by atoms with van der Waals surface area (Å²) in [6.45, 7) is 17.1. The molecule has 186 valence electrons. The minimum Gasteiger partial charge on any atom is -0.485 e. The molecule has 2 unspecified atom stereocenters. The van der Waals surface area contributed by atoms with E-state index in [1.807, 2.05) is 19.1 Å². The van der Waals surface area contributed by atoms with Gasteiger partial charge in [-0.3, -0.25) is 0 Å². The minimum atomic E-state index is -0.491. The van der Waals surface area contributed by atoms with Gasteiger partial charge in [0.05, 0.1) is 6.61 Å². The fraction of sp³-hybridized carbons (Fsp3) is 0.533. The molecule has 2 aromatic rings. The average molecular weight is 466 g/mol. The van der Waals surface area contributed by atoms with Crippen molar-refractivity contribution in [3.8, 4) is 5.75 Å². The first-order valence-electron chi connectivity index (χ1n) is 12.7. The van der Waals surface area contributed by atoms with Crippen LogP contribution in [0.1, 0.15) is 84.1 Å². The summed E-state index contributed by atoms with van der Waals surface area (Å²) < 4.78 is 19.1. The van der Waals surface area contributed by atoms with Crippen molar-refractivity contribution in [2.75, 3.05) is 18.5 Å². The SMILES string of the molecule is CC=CCOC1C(OCCCC)c2cc(NCc3ccc(C(C)(C)C)cc3)ccc2OC1(C)C. The smallest absolute Gasteiger partial charge is 0.132 e.